The van der Waals surface area contributed by atoms with Crippen LogP contribution in [0.4, 0.5) is 5.69 Å². The van der Waals surface area contributed by atoms with Gasteiger partial charge in [0.15, 0.2) is 0 Å². The first kappa shape index (κ1) is 20.9. The highest BCUT2D eigenvalue weighted by Gasteiger charge is 2.27. The number of hydrogen-bond donors (Lipinski definition) is 1. The lowest BCUT2D eigenvalue weighted by atomic mass is 10.2. The molecule has 0 radical (unpaired) electrons. The first-order valence-corrected chi connectivity index (χ1v) is 11.9. The minimum atomic E-state index is -3.46. The molecule has 2 fully saturated rings. The van der Waals surface area contributed by atoms with Gasteiger partial charge in [0.1, 0.15) is 0 Å². The monoisotopic (exact) mass is 445 g/mol. The maximum Gasteiger partial charge on any atom is 0.246 e. The minimum absolute atomic E-state index is 0.0483. The highest BCUT2D eigenvalue weighted by molar-refractivity contribution is 7.89. The molecule has 30 heavy (non-hydrogen) atoms. The van der Waals surface area contributed by atoms with Gasteiger partial charge in [-0.05, 0) is 54.8 Å². The number of nitrogens with zero attached hydrogens (tertiary/aromatic N) is 2. The van der Waals surface area contributed by atoms with Crippen LogP contribution in [0.25, 0.3) is 6.08 Å². The summed E-state index contributed by atoms with van der Waals surface area (Å²) in [6, 6.07) is 14.4. The summed E-state index contributed by atoms with van der Waals surface area (Å²) in [6.45, 7) is 2.78. The van der Waals surface area contributed by atoms with E-state index in [0.29, 0.717) is 18.1 Å². The summed E-state index contributed by atoms with van der Waals surface area (Å²) in [7, 11) is -3.46. The predicted molar refractivity (Wildman–Crippen MR) is 119 cm³/mol. The molecule has 0 unspecified atom stereocenters. The molecule has 0 aromatic heterocycles. The average Bonchev–Trinajstić information content (AvgIpc) is 3.56. The summed E-state index contributed by atoms with van der Waals surface area (Å²) in [4.78, 5) is 16.8. The van der Waals surface area contributed by atoms with Crippen molar-refractivity contribution in [1.29, 1.82) is 0 Å². The van der Waals surface area contributed by atoms with Gasteiger partial charge < -0.3 is 9.80 Å². The van der Waals surface area contributed by atoms with Crippen LogP contribution in [0.3, 0.4) is 0 Å². The normalized spacial score (nSPS) is 17.5. The van der Waals surface area contributed by atoms with Crippen LogP contribution in [0.2, 0.25) is 5.02 Å². The van der Waals surface area contributed by atoms with E-state index in [1.807, 2.05) is 29.2 Å². The molecule has 2 aliphatic rings. The van der Waals surface area contributed by atoms with Crippen molar-refractivity contribution in [2.45, 2.75) is 23.8 Å². The zero-order valence-electron chi connectivity index (χ0n) is 16.5. The SMILES string of the molecule is O=C(/C=C/c1ccc(S(=O)(=O)NC2CC2)cc1)N1CCN(c2cccc(Cl)c2)CC1. The highest BCUT2D eigenvalue weighted by Crippen LogP contribution is 2.23. The number of piperazine rings is 1. The van der Waals surface area contributed by atoms with Crippen molar-refractivity contribution in [1.82, 2.24) is 9.62 Å². The quantitative estimate of drug-likeness (QED) is 0.693. The Bertz CT molecular complexity index is 1040. The molecule has 6 nitrogen and oxygen atoms in total. The van der Waals surface area contributed by atoms with Crippen molar-refractivity contribution >= 4 is 39.3 Å². The van der Waals surface area contributed by atoms with Gasteiger partial charge in [0.2, 0.25) is 15.9 Å². The summed E-state index contributed by atoms with van der Waals surface area (Å²) < 4.78 is 27.1. The van der Waals surface area contributed by atoms with E-state index in [1.165, 1.54) is 0 Å². The predicted octanol–water partition coefficient (Wildman–Crippen LogP) is 3.14. The smallest absolute Gasteiger partial charge is 0.246 e. The number of sulfonamides is 1. The van der Waals surface area contributed by atoms with Crippen LogP contribution in [0.15, 0.2) is 59.5 Å². The zero-order valence-corrected chi connectivity index (χ0v) is 18.1. The van der Waals surface area contributed by atoms with E-state index < -0.39 is 10.0 Å². The molecule has 0 bridgehead atoms. The Morgan fingerprint density at radius 3 is 2.37 bits per heavy atom. The van der Waals surface area contributed by atoms with Crippen LogP contribution in [-0.4, -0.2) is 51.4 Å². The van der Waals surface area contributed by atoms with Gasteiger partial charge in [0.25, 0.3) is 0 Å². The number of benzene rings is 2. The molecule has 1 heterocycles. The molecule has 1 saturated heterocycles. The maximum absolute atomic E-state index is 12.5. The largest absolute Gasteiger partial charge is 0.368 e. The molecule has 2 aromatic carbocycles. The Kier molecular flexibility index (Phi) is 6.13. The molecule has 1 aliphatic heterocycles. The number of anilines is 1. The number of nitrogens with one attached hydrogen (secondary N) is 1. The molecular weight excluding hydrogens is 422 g/mol. The number of carbonyl (C=O) groups is 1. The molecule has 158 valence electrons. The topological polar surface area (TPSA) is 69.7 Å². The minimum Gasteiger partial charge on any atom is -0.368 e. The lowest BCUT2D eigenvalue weighted by Crippen LogP contribution is -2.48. The van der Waals surface area contributed by atoms with Crippen LogP contribution in [0, 0.1) is 0 Å². The fraction of sp³-hybridized carbons (Fsp3) is 0.318. The molecule has 1 aliphatic carbocycles. The van der Waals surface area contributed by atoms with Gasteiger partial charge in [-0.2, -0.15) is 0 Å². The van der Waals surface area contributed by atoms with Crippen LogP contribution < -0.4 is 9.62 Å². The Morgan fingerprint density at radius 1 is 1.03 bits per heavy atom. The van der Waals surface area contributed by atoms with Gasteiger partial charge >= 0.3 is 0 Å². The van der Waals surface area contributed by atoms with E-state index in [2.05, 4.69) is 9.62 Å². The van der Waals surface area contributed by atoms with Gasteiger partial charge in [-0.1, -0.05) is 29.8 Å². The number of halogens is 1. The summed E-state index contributed by atoms with van der Waals surface area (Å²) in [6.07, 6.45) is 5.06. The van der Waals surface area contributed by atoms with Crippen molar-refractivity contribution in [2.24, 2.45) is 0 Å². The lowest BCUT2D eigenvalue weighted by molar-refractivity contribution is -0.126. The average molecular weight is 446 g/mol. The van der Waals surface area contributed by atoms with Crippen LogP contribution in [0.1, 0.15) is 18.4 Å². The van der Waals surface area contributed by atoms with Gasteiger partial charge in [0, 0.05) is 49.0 Å². The Morgan fingerprint density at radius 2 is 1.73 bits per heavy atom. The molecule has 8 heteroatoms. The van der Waals surface area contributed by atoms with Gasteiger partial charge in [-0.15, -0.1) is 0 Å². The fourth-order valence-electron chi connectivity index (χ4n) is 3.38. The molecule has 0 spiro atoms. The van der Waals surface area contributed by atoms with Crippen molar-refractivity contribution in [3.63, 3.8) is 0 Å². The zero-order chi connectivity index (χ0) is 21.1. The van der Waals surface area contributed by atoms with E-state index >= 15 is 0 Å². The van der Waals surface area contributed by atoms with Crippen LogP contribution in [0.5, 0.6) is 0 Å². The molecule has 4 rings (SSSR count). The van der Waals surface area contributed by atoms with Crippen LogP contribution >= 0.6 is 11.6 Å². The Balaban J connectivity index is 1.31. The summed E-state index contributed by atoms with van der Waals surface area (Å²) in [5, 5.41) is 0.705. The van der Waals surface area contributed by atoms with Crippen molar-refractivity contribution in [3.8, 4) is 0 Å². The Labute approximate surface area is 182 Å². The molecule has 2 aromatic rings. The first-order valence-electron chi connectivity index (χ1n) is 10.0. The van der Waals surface area contributed by atoms with E-state index in [9.17, 15) is 13.2 Å². The second-order valence-corrected chi connectivity index (χ2v) is 9.74. The fourth-order valence-corrected chi connectivity index (χ4v) is 4.87. The molecular formula is C22H24ClN3O3S. The van der Waals surface area contributed by atoms with E-state index in [-0.39, 0.29) is 16.8 Å². The standard InChI is InChI=1S/C22H24ClN3O3S/c23-18-2-1-3-20(16-18)25-12-14-26(15-13-25)22(27)11-6-17-4-9-21(10-5-17)30(28,29)24-19-7-8-19/h1-6,9-11,16,19,24H,7-8,12-15H2/b11-6+. The van der Waals surface area contributed by atoms with Crippen molar-refractivity contribution < 1.29 is 13.2 Å². The third-order valence-electron chi connectivity index (χ3n) is 5.27. The van der Waals surface area contributed by atoms with Gasteiger partial charge in [0.05, 0.1) is 4.90 Å². The third-order valence-corrected chi connectivity index (χ3v) is 7.04. The number of carbonyl (C=O) groups excluding carboxylic acids is 1. The second kappa shape index (κ2) is 8.79. The second-order valence-electron chi connectivity index (χ2n) is 7.59. The van der Waals surface area contributed by atoms with Crippen LogP contribution in [-0.2, 0) is 14.8 Å². The van der Waals surface area contributed by atoms with Gasteiger partial charge in [-0.25, -0.2) is 13.1 Å². The van der Waals surface area contributed by atoms with E-state index in [1.54, 1.807) is 36.4 Å². The molecule has 0 atom stereocenters. The Hall–Kier alpha value is -2.35. The van der Waals surface area contributed by atoms with E-state index in [4.69, 9.17) is 11.6 Å². The van der Waals surface area contributed by atoms with Gasteiger partial charge in [-0.3, -0.25) is 4.79 Å². The molecule has 1 N–H and O–H groups in total. The first-order chi connectivity index (χ1) is 14.4. The summed E-state index contributed by atoms with van der Waals surface area (Å²) in [5.74, 6) is -0.0483. The summed E-state index contributed by atoms with van der Waals surface area (Å²) >= 11 is 6.06. The number of hydrogen-bond acceptors (Lipinski definition) is 4. The van der Waals surface area contributed by atoms with E-state index in [0.717, 1.165) is 37.2 Å². The summed E-state index contributed by atoms with van der Waals surface area (Å²) in [5.41, 5.74) is 1.85. The third kappa shape index (κ3) is 5.22. The van der Waals surface area contributed by atoms with Crippen molar-refractivity contribution in [3.05, 3.63) is 65.2 Å². The number of amides is 1. The number of rotatable bonds is 6. The highest BCUT2D eigenvalue weighted by atomic mass is 35.5. The molecule has 1 amide bonds. The lowest BCUT2D eigenvalue weighted by Gasteiger charge is -2.35. The van der Waals surface area contributed by atoms with Crippen molar-refractivity contribution in [2.75, 3.05) is 31.1 Å². The molecule has 1 saturated carbocycles. The maximum atomic E-state index is 12.5.